The van der Waals surface area contributed by atoms with Crippen molar-refractivity contribution >= 4 is 136 Å². The first-order chi connectivity index (χ1) is 45.1. The summed E-state index contributed by atoms with van der Waals surface area (Å²) in [5.41, 5.74) is 13.9. The summed E-state index contributed by atoms with van der Waals surface area (Å²) in [5, 5.41) is 68.2. The van der Waals surface area contributed by atoms with Gasteiger partial charge in [-0.1, -0.05) is 34.8 Å². The molecule has 0 bridgehead atoms. The molecular formula is C67H57Cl3N16O7S. The number of rotatable bonds is 12. The van der Waals surface area contributed by atoms with E-state index in [1.54, 1.807) is 109 Å². The largest absolute Gasteiger partial charge is 0.508 e. The van der Waals surface area contributed by atoms with Gasteiger partial charge >= 0.3 is 0 Å². The van der Waals surface area contributed by atoms with Gasteiger partial charge in [0.05, 0.1) is 47.4 Å². The number of phenolic OH excluding ortho intramolecular Hbond substituents is 3. The normalized spacial score (nSPS) is 12.4. The number of aromatic nitrogens is 11. The van der Waals surface area contributed by atoms with Crippen LogP contribution in [0.4, 0.5) is 40.7 Å². The lowest BCUT2D eigenvalue weighted by molar-refractivity contribution is -0.114. The topological polar surface area (TPSA) is 314 Å². The summed E-state index contributed by atoms with van der Waals surface area (Å²) in [6.45, 7) is 8.12. The third kappa shape index (κ3) is 15.5. The molecule has 0 spiro atoms. The maximum Gasteiger partial charge on any atom is 0.253 e. The van der Waals surface area contributed by atoms with E-state index in [1.807, 2.05) is 63.2 Å². The van der Waals surface area contributed by atoms with Crippen molar-refractivity contribution in [3.63, 3.8) is 0 Å². The third-order valence-electron chi connectivity index (χ3n) is 14.7. The van der Waals surface area contributed by atoms with Crippen LogP contribution < -0.4 is 26.0 Å². The van der Waals surface area contributed by atoms with Gasteiger partial charge in [-0.05, 0) is 203 Å². The van der Waals surface area contributed by atoms with Crippen LogP contribution in [-0.2, 0) is 14.3 Å². The van der Waals surface area contributed by atoms with Crippen LogP contribution in [-0.4, -0.2) is 129 Å². The lowest BCUT2D eigenvalue weighted by Crippen LogP contribution is -2.43. The Labute approximate surface area is 553 Å². The van der Waals surface area contributed by atoms with E-state index in [4.69, 9.17) is 39.5 Å². The highest BCUT2D eigenvalue weighted by Gasteiger charge is 2.23. The van der Waals surface area contributed by atoms with Gasteiger partial charge in [0.2, 0.25) is 29.6 Å². The molecule has 5 aromatic heterocycles. The fraction of sp³-hybridized carbons (Fsp3) is 0.134. The van der Waals surface area contributed by atoms with E-state index in [0.29, 0.717) is 125 Å². The molecule has 6 heterocycles. The predicted molar refractivity (Wildman–Crippen MR) is 369 cm³/mol. The van der Waals surface area contributed by atoms with Crippen molar-refractivity contribution in [2.24, 2.45) is 0 Å². The second-order valence-corrected chi connectivity index (χ2v) is 25.7. The molecule has 2 amide bonds. The molecule has 1 aliphatic heterocycles. The highest BCUT2D eigenvalue weighted by molar-refractivity contribution is 8.00. The van der Waals surface area contributed by atoms with Crippen LogP contribution in [0.25, 0.3) is 66.5 Å². The second-order valence-electron chi connectivity index (χ2n) is 21.7. The summed E-state index contributed by atoms with van der Waals surface area (Å²) in [7, 11) is -0.489. The van der Waals surface area contributed by atoms with E-state index in [9.17, 15) is 29.1 Å². The van der Waals surface area contributed by atoms with Crippen LogP contribution in [0.2, 0.25) is 15.1 Å². The van der Waals surface area contributed by atoms with Gasteiger partial charge < -0.3 is 46.2 Å². The Morgan fingerprint density at radius 2 is 0.915 bits per heavy atom. The standard InChI is InChI=1S/C26H24ClN5O3S.C21H17ClN6O2.C20H16ClN5O2/c1-16-13-18(21-15-20(33)7-8-22(21)27)14-23-24(16)29-26(31-30-23)28-19-5-3-17(4-6-19)25(34)32-9-11-36(2,35)12-10-32;1-11-7-13(16-9-15(30)4-5-17(16)22)8-18-20(11)26-21(28-27-18)25-14-3-6-19(23-10-14)24-12(2)29;1-11-7-12(15-9-14(27)4-5-16(15)21)8-17-19(11)24-20(26-25-17)23-13-3-6-18(28-2)22-10-13/h3-8,13-15,33H,2,9-12H2,1H3,(H,28,29,31);3-10,30H,1-2H3,(H,23,24,29)(H,25,26,28);3-10,27H,1-2H3,(H,23,24,26). The average Bonchev–Trinajstić information content (AvgIpc) is 0.838. The zero-order chi connectivity index (χ0) is 66.4. The van der Waals surface area contributed by atoms with Gasteiger partial charge in [-0.15, -0.1) is 30.6 Å². The molecule has 0 unspecified atom stereocenters. The van der Waals surface area contributed by atoms with E-state index in [2.05, 4.69) is 82.6 Å². The van der Waals surface area contributed by atoms with E-state index in [-0.39, 0.29) is 29.1 Å². The van der Waals surface area contributed by atoms with E-state index < -0.39 is 9.52 Å². The number of methoxy groups -OCH3 is 1. The minimum atomic E-state index is -2.05. The minimum absolute atomic E-state index is 0.0849. The van der Waals surface area contributed by atoms with Gasteiger partial charge in [0.15, 0.2) is 0 Å². The van der Waals surface area contributed by atoms with Crippen molar-refractivity contribution in [1.29, 1.82) is 0 Å². The zero-order valence-electron chi connectivity index (χ0n) is 50.9. The lowest BCUT2D eigenvalue weighted by atomic mass is 10.0. The van der Waals surface area contributed by atoms with Crippen molar-refractivity contribution in [3.8, 4) is 56.5 Å². The molecule has 1 aliphatic rings. The number of aryl methyl sites for hydroxylation is 3. The number of nitrogens with zero attached hydrogens (tertiary/aromatic N) is 12. The Balaban J connectivity index is 0.000000145. The number of benzene rings is 7. The van der Waals surface area contributed by atoms with Crippen molar-refractivity contribution < 1.29 is 33.9 Å². The van der Waals surface area contributed by atoms with Gasteiger partial charge in [-0.25, -0.2) is 24.9 Å². The molecule has 23 nitrogen and oxygen atoms in total. The molecule has 0 radical (unpaired) electrons. The Bertz CT molecular complexity index is 4990. The van der Waals surface area contributed by atoms with Gasteiger partial charge in [0.1, 0.15) is 39.6 Å². The summed E-state index contributed by atoms with van der Waals surface area (Å²) < 4.78 is 17.1. The first kappa shape index (κ1) is 64.6. The van der Waals surface area contributed by atoms with Crippen LogP contribution in [0.1, 0.15) is 34.0 Å². The lowest BCUT2D eigenvalue weighted by Gasteiger charge is -2.29. The SMILES string of the molecule is C=S1(=O)CCN(C(=O)c2ccc(Nc3nnc4cc(-c5cc(O)ccc5Cl)cc(C)c4n3)cc2)CC1.CC(=O)Nc1ccc(Nc2nnc3cc(-c4cc(O)ccc4Cl)cc(C)c3n2)cn1.COc1ccc(Nc2nnc3cc(-c4cc(O)ccc4Cl)cc(C)c3n2)cn1. The molecule has 0 aliphatic carbocycles. The number of halogens is 3. The number of aromatic hydroxyl groups is 3. The first-order valence-electron chi connectivity index (χ1n) is 28.8. The van der Waals surface area contributed by atoms with Crippen molar-refractivity contribution in [3.05, 3.63) is 189 Å². The Morgan fingerprint density at radius 3 is 1.29 bits per heavy atom. The van der Waals surface area contributed by atoms with E-state index >= 15 is 0 Å². The summed E-state index contributed by atoms with van der Waals surface area (Å²) in [6, 6.07) is 39.8. The van der Waals surface area contributed by atoms with Gasteiger partial charge in [-0.3, -0.25) is 13.8 Å². The Hall–Kier alpha value is -10.9. The summed E-state index contributed by atoms with van der Waals surface area (Å²) in [6.07, 6.45) is 3.20. The molecule has 7 N–H and O–H groups in total. The molecule has 94 heavy (non-hydrogen) atoms. The maximum absolute atomic E-state index is 12.8. The summed E-state index contributed by atoms with van der Waals surface area (Å²) in [4.78, 5) is 47.6. The van der Waals surface area contributed by atoms with Crippen LogP contribution in [0, 0.1) is 20.8 Å². The number of carbonyl (C=O) groups is 2. The number of fused-ring (bicyclic) bond motifs is 3. The van der Waals surface area contributed by atoms with E-state index in [0.717, 1.165) is 50.1 Å². The molecule has 13 rings (SSSR count). The van der Waals surface area contributed by atoms with Crippen molar-refractivity contribution in [1.82, 2.24) is 60.4 Å². The van der Waals surface area contributed by atoms with Crippen LogP contribution in [0.5, 0.6) is 23.1 Å². The number of phenols is 3. The Morgan fingerprint density at radius 1 is 0.521 bits per heavy atom. The molecule has 0 saturated carbocycles. The fourth-order valence-corrected chi connectivity index (χ4v) is 12.0. The highest BCUT2D eigenvalue weighted by atomic mass is 35.5. The zero-order valence-corrected chi connectivity index (χ0v) is 53.9. The fourth-order valence-electron chi connectivity index (χ4n) is 10.00. The summed E-state index contributed by atoms with van der Waals surface area (Å²) >= 11 is 18.9. The highest BCUT2D eigenvalue weighted by Crippen LogP contribution is 2.37. The molecule has 0 atom stereocenters. The van der Waals surface area contributed by atoms with Crippen molar-refractivity contribution in [2.75, 3.05) is 53.0 Å². The molecular weight excluding hydrogens is 1280 g/mol. The van der Waals surface area contributed by atoms with Gasteiger partial charge in [0, 0.05) is 80.6 Å². The van der Waals surface area contributed by atoms with Gasteiger partial charge in [0.25, 0.3) is 5.91 Å². The average molecular weight is 1340 g/mol. The molecule has 27 heteroatoms. The number of pyridine rings is 2. The van der Waals surface area contributed by atoms with Crippen LogP contribution >= 0.6 is 34.8 Å². The van der Waals surface area contributed by atoms with Crippen molar-refractivity contribution in [2.45, 2.75) is 27.7 Å². The third-order valence-corrected chi connectivity index (χ3v) is 17.5. The first-order valence-corrected chi connectivity index (χ1v) is 32.0. The summed E-state index contributed by atoms with van der Waals surface area (Å²) in [5.74, 6) is 6.76. The van der Waals surface area contributed by atoms with Gasteiger partial charge in [-0.2, -0.15) is 0 Å². The molecule has 12 aromatic rings. The number of hydrogen-bond donors (Lipinski definition) is 7. The smallest absolute Gasteiger partial charge is 0.253 e. The number of nitrogens with one attached hydrogen (secondary N) is 4. The predicted octanol–water partition coefficient (Wildman–Crippen LogP) is 13.2. The number of carbonyl (C=O) groups excluding carboxylic acids is 2. The number of ether oxygens (including phenoxy) is 1. The number of anilines is 7. The van der Waals surface area contributed by atoms with Crippen LogP contribution in [0.3, 0.4) is 0 Å². The quantitative estimate of drug-likeness (QED) is 0.0559. The molecule has 474 valence electrons. The van der Waals surface area contributed by atoms with E-state index in [1.165, 1.54) is 19.1 Å². The number of amides is 2. The molecule has 1 fully saturated rings. The second kappa shape index (κ2) is 27.9. The maximum atomic E-state index is 12.8. The molecule has 7 aromatic carbocycles. The Kier molecular flexibility index (Phi) is 19.2. The number of hydrogen-bond acceptors (Lipinski definition) is 21. The minimum Gasteiger partial charge on any atom is -0.508 e. The van der Waals surface area contributed by atoms with Crippen LogP contribution in [0.15, 0.2) is 152 Å². The molecule has 1 saturated heterocycles. The monoisotopic (exact) mass is 1330 g/mol.